The van der Waals surface area contributed by atoms with Gasteiger partial charge in [0, 0.05) is 38.3 Å². The Kier molecular flexibility index (Phi) is 9.89. The number of nitrogens with zero attached hydrogens (tertiary/aromatic N) is 2. The second-order valence-electron chi connectivity index (χ2n) is 11.9. The van der Waals surface area contributed by atoms with E-state index in [1.165, 1.54) is 9.87 Å². The zero-order valence-electron chi connectivity index (χ0n) is 25.1. The Balaban J connectivity index is 1.09. The highest BCUT2D eigenvalue weighted by Crippen LogP contribution is 2.44. The van der Waals surface area contributed by atoms with Crippen molar-refractivity contribution in [1.82, 2.24) is 14.5 Å². The molecule has 1 saturated carbocycles. The highest BCUT2D eigenvalue weighted by atomic mass is 32.2. The lowest BCUT2D eigenvalue weighted by Gasteiger charge is -2.50. The number of morpholine rings is 1. The summed E-state index contributed by atoms with van der Waals surface area (Å²) in [6.07, 6.45) is 4.48. The summed E-state index contributed by atoms with van der Waals surface area (Å²) < 4.78 is 45.1. The number of amides is 1. The van der Waals surface area contributed by atoms with Crippen LogP contribution in [0.1, 0.15) is 48.8 Å². The van der Waals surface area contributed by atoms with Gasteiger partial charge in [-0.15, -0.1) is 0 Å². The molecule has 2 aromatic rings. The molecule has 1 unspecified atom stereocenters. The molecular formula is C32H45N3O6S. The molecule has 0 aromatic heterocycles. The molecular weight excluding hydrogens is 554 g/mol. The Hall–Kier alpha value is -2.50. The van der Waals surface area contributed by atoms with Gasteiger partial charge >= 0.3 is 0 Å². The van der Waals surface area contributed by atoms with Crippen molar-refractivity contribution < 1.29 is 27.4 Å². The van der Waals surface area contributed by atoms with Gasteiger partial charge in [-0.05, 0) is 80.7 Å². The van der Waals surface area contributed by atoms with Crippen LogP contribution in [0.4, 0.5) is 0 Å². The lowest BCUT2D eigenvalue weighted by molar-refractivity contribution is -0.127. The number of aryl methyl sites for hydroxylation is 2. The molecule has 42 heavy (non-hydrogen) atoms. The van der Waals surface area contributed by atoms with Gasteiger partial charge in [0.1, 0.15) is 12.4 Å². The number of carbonyl (C=O) groups is 1. The molecule has 10 heteroatoms. The molecule has 3 aliphatic rings. The largest absolute Gasteiger partial charge is 0.497 e. The number of hydrogen-bond donors (Lipinski definition) is 1. The molecule has 0 radical (unpaired) electrons. The maximum atomic E-state index is 13.4. The van der Waals surface area contributed by atoms with Crippen LogP contribution in [0.15, 0.2) is 47.4 Å². The van der Waals surface area contributed by atoms with E-state index in [9.17, 15) is 13.2 Å². The summed E-state index contributed by atoms with van der Waals surface area (Å²) in [5, 5.41) is 3.07. The molecule has 2 saturated heterocycles. The normalized spacial score (nSPS) is 25.8. The molecule has 230 valence electrons. The monoisotopic (exact) mass is 599 g/mol. The van der Waals surface area contributed by atoms with Crippen molar-refractivity contribution in [2.75, 3.05) is 59.7 Å². The Morgan fingerprint density at radius 2 is 1.69 bits per heavy atom. The predicted octanol–water partition coefficient (Wildman–Crippen LogP) is 3.63. The third-order valence-corrected chi connectivity index (χ3v) is 11.4. The van der Waals surface area contributed by atoms with Crippen molar-refractivity contribution in [3.05, 3.63) is 59.2 Å². The second kappa shape index (κ2) is 13.4. The zero-order valence-corrected chi connectivity index (χ0v) is 26.0. The molecule has 2 aliphatic heterocycles. The first-order valence-corrected chi connectivity index (χ1v) is 16.6. The number of nitrogens with one attached hydrogen (secondary N) is 1. The molecule has 3 fully saturated rings. The number of benzene rings is 2. The highest BCUT2D eigenvalue weighted by Gasteiger charge is 2.42. The Bertz CT molecular complexity index is 1300. The van der Waals surface area contributed by atoms with Crippen molar-refractivity contribution >= 4 is 15.9 Å². The summed E-state index contributed by atoms with van der Waals surface area (Å²) in [5.41, 5.74) is 2.73. The van der Waals surface area contributed by atoms with E-state index in [0.717, 1.165) is 52.0 Å². The second-order valence-corrected chi connectivity index (χ2v) is 13.8. The topological polar surface area (TPSA) is 97.4 Å². The molecule has 1 atom stereocenters. The van der Waals surface area contributed by atoms with Crippen LogP contribution in [0.25, 0.3) is 0 Å². The van der Waals surface area contributed by atoms with Gasteiger partial charge in [0.05, 0.1) is 31.3 Å². The average molecular weight is 600 g/mol. The Labute approximate surface area is 250 Å². The van der Waals surface area contributed by atoms with E-state index in [-0.39, 0.29) is 30.7 Å². The van der Waals surface area contributed by atoms with Gasteiger partial charge in [-0.2, -0.15) is 4.31 Å². The van der Waals surface area contributed by atoms with Crippen LogP contribution >= 0.6 is 0 Å². The molecule has 2 aromatic carbocycles. The van der Waals surface area contributed by atoms with Gasteiger partial charge < -0.3 is 19.5 Å². The van der Waals surface area contributed by atoms with Crippen LogP contribution in [0.5, 0.6) is 5.75 Å². The fraction of sp³-hybridized carbons (Fsp3) is 0.594. The van der Waals surface area contributed by atoms with Crippen LogP contribution in [0.2, 0.25) is 0 Å². The van der Waals surface area contributed by atoms with E-state index < -0.39 is 10.0 Å². The van der Waals surface area contributed by atoms with Crippen LogP contribution in [-0.2, 0) is 29.8 Å². The van der Waals surface area contributed by atoms with Gasteiger partial charge in [-0.1, -0.05) is 30.3 Å². The summed E-state index contributed by atoms with van der Waals surface area (Å²) in [6.45, 7) is 8.21. The fourth-order valence-electron chi connectivity index (χ4n) is 7.01. The van der Waals surface area contributed by atoms with Gasteiger partial charge in [0.15, 0.2) is 0 Å². The molecule has 0 spiro atoms. The quantitative estimate of drug-likeness (QED) is 0.446. The van der Waals surface area contributed by atoms with Crippen LogP contribution < -0.4 is 10.1 Å². The first-order valence-electron chi connectivity index (χ1n) is 15.1. The molecule has 1 aliphatic carbocycles. The molecule has 1 amide bonds. The number of rotatable bonds is 10. The number of sulfonamides is 1. The lowest BCUT2D eigenvalue weighted by Crippen LogP contribution is -2.53. The summed E-state index contributed by atoms with van der Waals surface area (Å²) in [5.74, 6) is 0.916. The van der Waals surface area contributed by atoms with Crippen molar-refractivity contribution in [1.29, 1.82) is 0 Å². The van der Waals surface area contributed by atoms with Gasteiger partial charge in [-0.25, -0.2) is 8.42 Å². The van der Waals surface area contributed by atoms with Gasteiger partial charge in [-0.3, -0.25) is 9.69 Å². The van der Waals surface area contributed by atoms with Crippen LogP contribution in [0, 0.1) is 19.8 Å². The summed E-state index contributed by atoms with van der Waals surface area (Å²) in [4.78, 5) is 15.6. The Morgan fingerprint density at radius 3 is 2.33 bits per heavy atom. The maximum absolute atomic E-state index is 13.4. The lowest BCUT2D eigenvalue weighted by atomic mass is 9.71. The highest BCUT2D eigenvalue weighted by molar-refractivity contribution is 7.89. The minimum atomic E-state index is -3.67. The standard InChI is InChI=1S/C32H45N3O6S/c1-24-19-29(39-3)20-25(2)31(24)42(37,38)35-14-11-28(22-35)41-23-30(36)33-21-26-9-12-32(13-10-26,27-7-5-4-6-8-27)34-15-17-40-18-16-34/h4-8,19-20,26,28H,9-18,21-23H2,1-3H3,(H,33,36). The molecule has 0 bridgehead atoms. The first-order chi connectivity index (χ1) is 20.2. The minimum Gasteiger partial charge on any atom is -0.497 e. The van der Waals surface area contributed by atoms with Gasteiger partial charge in [0.25, 0.3) is 0 Å². The average Bonchev–Trinajstić information content (AvgIpc) is 3.50. The minimum absolute atomic E-state index is 0.0340. The van der Waals surface area contributed by atoms with Crippen molar-refractivity contribution in [2.24, 2.45) is 5.92 Å². The van der Waals surface area contributed by atoms with E-state index >= 15 is 0 Å². The predicted molar refractivity (Wildman–Crippen MR) is 161 cm³/mol. The van der Waals surface area contributed by atoms with Crippen molar-refractivity contribution in [3.8, 4) is 5.75 Å². The molecule has 2 heterocycles. The number of methoxy groups -OCH3 is 1. The van der Waals surface area contributed by atoms with E-state index in [2.05, 4.69) is 40.5 Å². The summed E-state index contributed by atoms with van der Waals surface area (Å²) in [7, 11) is -2.10. The molecule has 1 N–H and O–H groups in total. The van der Waals surface area contributed by atoms with E-state index in [1.54, 1.807) is 33.1 Å². The van der Waals surface area contributed by atoms with Crippen molar-refractivity contribution in [3.63, 3.8) is 0 Å². The zero-order chi connectivity index (χ0) is 29.7. The number of ether oxygens (including phenoxy) is 3. The summed E-state index contributed by atoms with van der Waals surface area (Å²) in [6, 6.07) is 14.3. The number of hydrogen-bond acceptors (Lipinski definition) is 7. The summed E-state index contributed by atoms with van der Waals surface area (Å²) >= 11 is 0. The third-order valence-electron chi connectivity index (χ3n) is 9.27. The smallest absolute Gasteiger partial charge is 0.246 e. The van der Waals surface area contributed by atoms with Crippen LogP contribution in [-0.4, -0.2) is 89.3 Å². The van der Waals surface area contributed by atoms with Crippen molar-refractivity contribution in [2.45, 2.75) is 62.5 Å². The van der Waals surface area contributed by atoms with Crippen LogP contribution in [0.3, 0.4) is 0 Å². The van der Waals surface area contributed by atoms with E-state index in [4.69, 9.17) is 14.2 Å². The third kappa shape index (κ3) is 6.68. The maximum Gasteiger partial charge on any atom is 0.246 e. The molecule has 9 nitrogen and oxygen atoms in total. The first kappa shape index (κ1) is 30.9. The number of carbonyl (C=O) groups excluding carboxylic acids is 1. The Morgan fingerprint density at radius 1 is 1.02 bits per heavy atom. The van der Waals surface area contributed by atoms with E-state index in [0.29, 0.717) is 47.2 Å². The van der Waals surface area contributed by atoms with Gasteiger partial charge in [0.2, 0.25) is 15.9 Å². The molecule has 5 rings (SSSR count). The fourth-order valence-corrected chi connectivity index (χ4v) is 8.90. The van der Waals surface area contributed by atoms with E-state index in [1.807, 2.05) is 0 Å². The SMILES string of the molecule is COc1cc(C)c(S(=O)(=O)N2CCC(OCC(=O)NCC3CCC(c4ccccc4)(N4CCOCC4)CC3)C2)c(C)c1.